The Morgan fingerprint density at radius 2 is 1.75 bits per heavy atom. The molecule has 1 rings (SSSR count). The van der Waals surface area contributed by atoms with Crippen molar-refractivity contribution in [2.24, 2.45) is 0 Å². The van der Waals surface area contributed by atoms with E-state index in [0.29, 0.717) is 5.56 Å². The molecule has 0 radical (unpaired) electrons. The Bertz CT molecular complexity index is 514. The minimum atomic E-state index is -1.14. The molecule has 108 valence electrons. The summed E-state index contributed by atoms with van der Waals surface area (Å²) in [6.07, 6.45) is 0. The summed E-state index contributed by atoms with van der Waals surface area (Å²) in [6, 6.07) is 6.98. The van der Waals surface area contributed by atoms with Gasteiger partial charge >= 0.3 is 5.97 Å². The fourth-order valence-corrected chi connectivity index (χ4v) is 1.55. The number of hydrogen-bond acceptors (Lipinski definition) is 4. The third-order valence-corrected chi connectivity index (χ3v) is 2.48. The number of hydrogen-bond donors (Lipinski definition) is 3. The number of carbonyl (C=O) groups excluding carboxylic acids is 2. The third-order valence-electron chi connectivity index (χ3n) is 2.48. The van der Waals surface area contributed by atoms with Gasteiger partial charge in [0.05, 0.1) is 12.1 Å². The molecule has 0 aliphatic heterocycles. The molecule has 1 aromatic carbocycles. The van der Waals surface area contributed by atoms with Gasteiger partial charge in [0.2, 0.25) is 5.91 Å². The molecule has 0 unspecified atom stereocenters. The van der Waals surface area contributed by atoms with Crippen LogP contribution in [0, 0.1) is 0 Å². The Labute approximate surface area is 116 Å². The number of nitrogens with zero attached hydrogens (tertiary/aromatic N) is 1. The van der Waals surface area contributed by atoms with Gasteiger partial charge in [-0.1, -0.05) is 12.1 Å². The summed E-state index contributed by atoms with van der Waals surface area (Å²) in [5.74, 6) is -2.08. The van der Waals surface area contributed by atoms with E-state index < -0.39 is 18.4 Å². The van der Waals surface area contributed by atoms with Crippen molar-refractivity contribution in [3.8, 4) is 0 Å². The second-order valence-corrected chi connectivity index (χ2v) is 4.26. The number of aliphatic carboxylic acids is 1. The van der Waals surface area contributed by atoms with Gasteiger partial charge in [-0.05, 0) is 12.1 Å². The molecule has 0 fully saturated rings. The fraction of sp³-hybridized carbons (Fsp3) is 0.308. The summed E-state index contributed by atoms with van der Waals surface area (Å²) in [5.41, 5.74) is 1.18. The van der Waals surface area contributed by atoms with Crippen LogP contribution in [0.4, 0.5) is 5.69 Å². The molecule has 7 nitrogen and oxygen atoms in total. The molecule has 0 heterocycles. The number of rotatable bonds is 6. The van der Waals surface area contributed by atoms with Gasteiger partial charge in [-0.3, -0.25) is 14.4 Å². The van der Waals surface area contributed by atoms with Crippen LogP contribution in [0.25, 0.3) is 0 Å². The van der Waals surface area contributed by atoms with Gasteiger partial charge in [0.15, 0.2) is 0 Å². The summed E-state index contributed by atoms with van der Waals surface area (Å²) in [4.78, 5) is 35.3. The van der Waals surface area contributed by atoms with Gasteiger partial charge in [-0.15, -0.1) is 0 Å². The lowest BCUT2D eigenvalue weighted by molar-refractivity contribution is -0.137. The van der Waals surface area contributed by atoms with Crippen LogP contribution >= 0.6 is 0 Å². The monoisotopic (exact) mass is 279 g/mol. The molecule has 0 saturated carbocycles. The van der Waals surface area contributed by atoms with Crippen LogP contribution in [0.1, 0.15) is 10.4 Å². The van der Waals surface area contributed by atoms with E-state index in [-0.39, 0.29) is 12.5 Å². The minimum absolute atomic E-state index is 0.270. The Kier molecular flexibility index (Phi) is 5.52. The Hall–Kier alpha value is -2.57. The van der Waals surface area contributed by atoms with E-state index in [4.69, 9.17) is 5.11 Å². The molecule has 0 aliphatic rings. The van der Waals surface area contributed by atoms with E-state index in [0.717, 1.165) is 5.69 Å². The lowest BCUT2D eigenvalue weighted by Gasteiger charge is -2.16. The van der Waals surface area contributed by atoms with E-state index in [1.807, 2.05) is 20.2 Å². The highest BCUT2D eigenvalue weighted by Crippen LogP contribution is 2.17. The van der Waals surface area contributed by atoms with Crippen molar-refractivity contribution in [1.82, 2.24) is 10.6 Å². The molecular formula is C13H17N3O4. The normalized spacial score (nSPS) is 9.70. The highest BCUT2D eigenvalue weighted by Gasteiger charge is 2.13. The number of carbonyl (C=O) groups is 3. The fourth-order valence-electron chi connectivity index (χ4n) is 1.55. The number of anilines is 1. The largest absolute Gasteiger partial charge is 0.480 e. The first-order valence-electron chi connectivity index (χ1n) is 5.95. The van der Waals surface area contributed by atoms with Crippen molar-refractivity contribution in [1.29, 1.82) is 0 Å². The van der Waals surface area contributed by atoms with Crippen LogP contribution in [0.2, 0.25) is 0 Å². The van der Waals surface area contributed by atoms with Crippen molar-refractivity contribution in [2.45, 2.75) is 0 Å². The van der Waals surface area contributed by atoms with Gasteiger partial charge in [0.25, 0.3) is 5.91 Å². The second kappa shape index (κ2) is 7.13. The zero-order chi connectivity index (χ0) is 15.1. The highest BCUT2D eigenvalue weighted by atomic mass is 16.4. The Balaban J connectivity index is 2.59. The van der Waals surface area contributed by atoms with E-state index in [1.54, 1.807) is 23.1 Å². The zero-order valence-electron chi connectivity index (χ0n) is 11.3. The highest BCUT2D eigenvalue weighted by molar-refractivity contribution is 6.01. The van der Waals surface area contributed by atoms with E-state index in [1.165, 1.54) is 0 Å². The number of carboxylic acid groups (broad SMARTS) is 1. The predicted octanol–water partition coefficient (Wildman–Crippen LogP) is -0.317. The Morgan fingerprint density at radius 3 is 2.35 bits per heavy atom. The number of carboxylic acids is 1. The quantitative estimate of drug-likeness (QED) is 0.663. The maximum Gasteiger partial charge on any atom is 0.322 e. The van der Waals surface area contributed by atoms with Crippen LogP contribution in [0.5, 0.6) is 0 Å². The van der Waals surface area contributed by atoms with E-state index in [9.17, 15) is 14.4 Å². The van der Waals surface area contributed by atoms with Crippen molar-refractivity contribution >= 4 is 23.5 Å². The number of benzene rings is 1. The lowest BCUT2D eigenvalue weighted by Crippen LogP contribution is -2.39. The number of para-hydroxylation sites is 1. The smallest absolute Gasteiger partial charge is 0.322 e. The van der Waals surface area contributed by atoms with Crippen molar-refractivity contribution < 1.29 is 19.5 Å². The van der Waals surface area contributed by atoms with Crippen LogP contribution in [0.3, 0.4) is 0 Å². The lowest BCUT2D eigenvalue weighted by atomic mass is 10.1. The van der Waals surface area contributed by atoms with Crippen molar-refractivity contribution in [3.63, 3.8) is 0 Å². The van der Waals surface area contributed by atoms with Crippen LogP contribution in [-0.4, -0.2) is 50.1 Å². The average Bonchev–Trinajstić information content (AvgIpc) is 2.42. The molecule has 0 aromatic heterocycles. The first kappa shape index (κ1) is 15.5. The Morgan fingerprint density at radius 1 is 1.10 bits per heavy atom. The summed E-state index contributed by atoms with van der Waals surface area (Å²) in [6.45, 7) is -0.739. The summed E-state index contributed by atoms with van der Waals surface area (Å²) >= 11 is 0. The molecule has 0 atom stereocenters. The molecule has 0 saturated heterocycles. The number of nitrogens with one attached hydrogen (secondary N) is 2. The molecule has 0 aliphatic carbocycles. The van der Waals surface area contributed by atoms with Crippen molar-refractivity contribution in [2.75, 3.05) is 32.1 Å². The van der Waals surface area contributed by atoms with Crippen LogP contribution < -0.4 is 15.5 Å². The van der Waals surface area contributed by atoms with Gasteiger partial charge in [-0.2, -0.15) is 0 Å². The topological polar surface area (TPSA) is 98.7 Å². The third kappa shape index (κ3) is 4.60. The minimum Gasteiger partial charge on any atom is -0.480 e. The molecule has 0 bridgehead atoms. The van der Waals surface area contributed by atoms with Gasteiger partial charge < -0.3 is 20.6 Å². The molecule has 1 aromatic rings. The molecule has 20 heavy (non-hydrogen) atoms. The van der Waals surface area contributed by atoms with Gasteiger partial charge in [0.1, 0.15) is 6.54 Å². The SMILES string of the molecule is CN(C)c1ccccc1C(=O)NCC(=O)NCC(=O)O. The van der Waals surface area contributed by atoms with E-state index in [2.05, 4.69) is 10.6 Å². The maximum absolute atomic E-state index is 12.0. The molecule has 2 amide bonds. The average molecular weight is 279 g/mol. The van der Waals surface area contributed by atoms with Crippen LogP contribution in [0.15, 0.2) is 24.3 Å². The molecule has 0 spiro atoms. The van der Waals surface area contributed by atoms with E-state index >= 15 is 0 Å². The predicted molar refractivity (Wildman–Crippen MR) is 73.7 cm³/mol. The summed E-state index contributed by atoms with van der Waals surface area (Å²) in [5, 5.41) is 13.0. The molecule has 3 N–H and O–H groups in total. The van der Waals surface area contributed by atoms with Crippen molar-refractivity contribution in [3.05, 3.63) is 29.8 Å². The number of amides is 2. The zero-order valence-corrected chi connectivity index (χ0v) is 11.3. The maximum atomic E-state index is 12.0. The standard InChI is InChI=1S/C13H17N3O4/c1-16(2)10-6-4-3-5-9(10)13(20)15-7-11(17)14-8-12(18)19/h3-6H,7-8H2,1-2H3,(H,14,17)(H,15,20)(H,18,19). The summed E-state index contributed by atoms with van der Waals surface area (Å²) < 4.78 is 0. The van der Waals surface area contributed by atoms with Crippen LogP contribution in [-0.2, 0) is 9.59 Å². The summed E-state index contributed by atoms with van der Waals surface area (Å²) in [7, 11) is 3.62. The first-order valence-corrected chi connectivity index (χ1v) is 5.95. The molecule has 7 heteroatoms. The molecular weight excluding hydrogens is 262 g/mol. The first-order chi connectivity index (χ1) is 9.41. The second-order valence-electron chi connectivity index (χ2n) is 4.26. The van der Waals surface area contributed by atoms with Gasteiger partial charge in [-0.25, -0.2) is 0 Å². The van der Waals surface area contributed by atoms with Gasteiger partial charge in [0, 0.05) is 19.8 Å².